The maximum absolute atomic E-state index is 12.0. The van der Waals surface area contributed by atoms with Gasteiger partial charge in [0.15, 0.2) is 17.1 Å². The summed E-state index contributed by atoms with van der Waals surface area (Å²) in [5.74, 6) is -1.85. The molecule has 1 aromatic heterocycles. The van der Waals surface area contributed by atoms with Crippen molar-refractivity contribution in [3.8, 4) is 11.8 Å². The number of aromatic nitrogens is 1. The zero-order chi connectivity index (χ0) is 13.9. The molecule has 1 aromatic rings. The summed E-state index contributed by atoms with van der Waals surface area (Å²) < 4.78 is 43.9. The van der Waals surface area contributed by atoms with E-state index >= 15 is 0 Å². The lowest BCUT2D eigenvalue weighted by Crippen LogP contribution is -2.19. The van der Waals surface area contributed by atoms with Gasteiger partial charge in [-0.3, -0.25) is 0 Å². The number of rotatable bonds is 2. The highest BCUT2D eigenvalue weighted by Crippen LogP contribution is 2.28. The first kappa shape index (κ1) is 13.6. The molecule has 0 bridgehead atoms. The molecule has 6 nitrogen and oxygen atoms in total. The first-order valence-corrected chi connectivity index (χ1v) is 4.33. The summed E-state index contributed by atoms with van der Waals surface area (Å²) >= 11 is 0. The zero-order valence-electron chi connectivity index (χ0n) is 8.91. The lowest BCUT2D eigenvalue weighted by Gasteiger charge is -2.11. The van der Waals surface area contributed by atoms with Gasteiger partial charge in [-0.25, -0.2) is 9.78 Å². The topological polar surface area (TPSA) is 98.2 Å². The Hall–Kier alpha value is -2.50. The zero-order valence-corrected chi connectivity index (χ0v) is 8.91. The number of carbonyl (C=O) groups excluding carboxylic acids is 1. The van der Waals surface area contributed by atoms with E-state index in [1.165, 1.54) is 6.07 Å². The molecule has 18 heavy (non-hydrogen) atoms. The predicted molar refractivity (Wildman–Crippen MR) is 51.4 cm³/mol. The maximum atomic E-state index is 12.0. The minimum atomic E-state index is -4.99. The molecule has 96 valence electrons. The number of nitrogens with two attached hydrogens (primary N) is 1. The van der Waals surface area contributed by atoms with Gasteiger partial charge in [-0.1, -0.05) is 0 Å². The van der Waals surface area contributed by atoms with E-state index in [0.29, 0.717) is 6.07 Å². The quantitative estimate of drug-likeness (QED) is 0.803. The number of nitrogen functional groups attached to an aromatic ring is 1. The van der Waals surface area contributed by atoms with Crippen molar-refractivity contribution in [1.29, 1.82) is 5.26 Å². The van der Waals surface area contributed by atoms with Gasteiger partial charge < -0.3 is 15.2 Å². The van der Waals surface area contributed by atoms with E-state index in [0.717, 1.165) is 7.11 Å². The normalized spacial score (nSPS) is 10.6. The van der Waals surface area contributed by atoms with Crippen molar-refractivity contribution < 1.29 is 27.4 Å². The summed E-state index contributed by atoms with van der Waals surface area (Å²) in [5, 5.41) is 8.63. The Bertz CT molecular complexity index is 522. The van der Waals surface area contributed by atoms with Gasteiger partial charge in [0.25, 0.3) is 0 Å². The molecule has 0 radical (unpaired) electrons. The number of alkyl halides is 3. The molecule has 9 heteroatoms. The predicted octanol–water partition coefficient (Wildman–Crippen LogP) is 1.22. The van der Waals surface area contributed by atoms with Crippen LogP contribution >= 0.6 is 0 Å². The van der Waals surface area contributed by atoms with Gasteiger partial charge in [0.05, 0.1) is 12.8 Å². The third-order valence-electron chi connectivity index (χ3n) is 1.73. The summed E-state index contributed by atoms with van der Waals surface area (Å²) in [6.45, 7) is 0. The molecular weight excluding hydrogens is 255 g/mol. The summed E-state index contributed by atoms with van der Waals surface area (Å²) in [6.07, 6.45) is -4.99. The Labute approximate surface area is 98.7 Å². The number of hydrogen-bond acceptors (Lipinski definition) is 6. The second-order valence-electron chi connectivity index (χ2n) is 2.92. The number of carbonyl (C=O) groups is 1. The van der Waals surface area contributed by atoms with Gasteiger partial charge in [-0.2, -0.15) is 5.26 Å². The lowest BCUT2D eigenvalue weighted by atomic mass is 10.2. The number of nitrogens with zero attached hydrogens (tertiary/aromatic N) is 2. The second-order valence-corrected chi connectivity index (χ2v) is 2.92. The van der Waals surface area contributed by atoms with Crippen LogP contribution in [0.2, 0.25) is 0 Å². The maximum Gasteiger partial charge on any atom is 0.573 e. The molecular formula is C9H6F3N3O3. The van der Waals surface area contributed by atoms with Crippen molar-refractivity contribution in [2.24, 2.45) is 0 Å². The highest BCUT2D eigenvalue weighted by atomic mass is 19.4. The number of ether oxygens (including phenoxy) is 2. The third kappa shape index (κ3) is 3.00. The van der Waals surface area contributed by atoms with Crippen LogP contribution in [0.25, 0.3) is 0 Å². The summed E-state index contributed by atoms with van der Waals surface area (Å²) in [4.78, 5) is 14.5. The summed E-state index contributed by atoms with van der Waals surface area (Å²) in [6, 6.07) is 2.05. The second kappa shape index (κ2) is 4.79. The monoisotopic (exact) mass is 261 g/mol. The minimum Gasteiger partial charge on any atom is -0.464 e. The van der Waals surface area contributed by atoms with E-state index < -0.39 is 29.5 Å². The highest BCUT2D eigenvalue weighted by molar-refractivity contribution is 5.93. The van der Waals surface area contributed by atoms with Crippen molar-refractivity contribution in [3.05, 3.63) is 17.5 Å². The van der Waals surface area contributed by atoms with Crippen LogP contribution in [0.3, 0.4) is 0 Å². The standard InChI is InChI=1S/C9H6F3N3O3/c1-17-8(16)7-4(14)2-6(5(3-13)15-7)18-9(10,11)12/h2H,14H2,1H3. The molecule has 0 aromatic carbocycles. The molecule has 0 atom stereocenters. The third-order valence-corrected chi connectivity index (χ3v) is 1.73. The van der Waals surface area contributed by atoms with E-state index in [1.807, 2.05) is 0 Å². The number of pyridine rings is 1. The Morgan fingerprint density at radius 2 is 2.17 bits per heavy atom. The van der Waals surface area contributed by atoms with Crippen molar-refractivity contribution in [3.63, 3.8) is 0 Å². The van der Waals surface area contributed by atoms with Gasteiger partial charge in [0.2, 0.25) is 0 Å². The van der Waals surface area contributed by atoms with Crippen molar-refractivity contribution in [2.45, 2.75) is 6.36 Å². The van der Waals surface area contributed by atoms with Gasteiger partial charge in [0.1, 0.15) is 6.07 Å². The SMILES string of the molecule is COC(=O)c1nc(C#N)c(OC(F)(F)F)cc1N. The minimum absolute atomic E-state index is 0.389. The van der Waals surface area contributed by atoms with Crippen molar-refractivity contribution >= 4 is 11.7 Å². The van der Waals surface area contributed by atoms with E-state index in [9.17, 15) is 18.0 Å². The molecule has 0 saturated heterocycles. The molecule has 1 heterocycles. The van der Waals surface area contributed by atoms with E-state index in [2.05, 4.69) is 14.5 Å². The van der Waals surface area contributed by atoms with Crippen LogP contribution in [0, 0.1) is 11.3 Å². The molecule has 0 spiro atoms. The van der Waals surface area contributed by atoms with Gasteiger partial charge in [0, 0.05) is 6.07 Å². The number of esters is 1. The Morgan fingerprint density at radius 3 is 2.61 bits per heavy atom. The van der Waals surface area contributed by atoms with E-state index in [1.54, 1.807) is 0 Å². The number of methoxy groups -OCH3 is 1. The molecule has 0 aliphatic rings. The largest absolute Gasteiger partial charge is 0.573 e. The van der Waals surface area contributed by atoms with Crippen LogP contribution in [0.15, 0.2) is 6.07 Å². The lowest BCUT2D eigenvalue weighted by molar-refractivity contribution is -0.274. The smallest absolute Gasteiger partial charge is 0.464 e. The Morgan fingerprint density at radius 1 is 1.56 bits per heavy atom. The number of hydrogen-bond donors (Lipinski definition) is 1. The van der Waals surface area contributed by atoms with Gasteiger partial charge in [-0.15, -0.1) is 13.2 Å². The van der Waals surface area contributed by atoms with Crippen LogP contribution in [0.5, 0.6) is 5.75 Å². The summed E-state index contributed by atoms with van der Waals surface area (Å²) in [5.41, 5.74) is 3.76. The fourth-order valence-electron chi connectivity index (χ4n) is 1.05. The first-order valence-electron chi connectivity index (χ1n) is 4.33. The van der Waals surface area contributed by atoms with E-state index in [-0.39, 0.29) is 5.69 Å². The van der Waals surface area contributed by atoms with Crippen LogP contribution in [0.4, 0.5) is 18.9 Å². The Balaban J connectivity index is 3.28. The van der Waals surface area contributed by atoms with Crippen LogP contribution in [0.1, 0.15) is 16.2 Å². The molecule has 0 unspecified atom stereocenters. The molecule has 0 saturated carbocycles. The molecule has 0 amide bonds. The highest BCUT2D eigenvalue weighted by Gasteiger charge is 2.33. The van der Waals surface area contributed by atoms with Gasteiger partial charge >= 0.3 is 12.3 Å². The van der Waals surface area contributed by atoms with Crippen LogP contribution in [-0.2, 0) is 4.74 Å². The number of halogens is 3. The molecule has 0 aliphatic carbocycles. The van der Waals surface area contributed by atoms with Crippen molar-refractivity contribution in [1.82, 2.24) is 4.98 Å². The molecule has 0 fully saturated rings. The molecule has 0 aliphatic heterocycles. The summed E-state index contributed by atoms with van der Waals surface area (Å²) in [7, 11) is 1.04. The Kier molecular flexibility index (Phi) is 3.61. The molecule has 1 rings (SSSR count). The average molecular weight is 261 g/mol. The van der Waals surface area contributed by atoms with Crippen LogP contribution in [-0.4, -0.2) is 24.4 Å². The molecule has 2 N–H and O–H groups in total. The fourth-order valence-corrected chi connectivity index (χ4v) is 1.05. The van der Waals surface area contributed by atoms with Crippen LogP contribution < -0.4 is 10.5 Å². The first-order chi connectivity index (χ1) is 8.28. The number of anilines is 1. The fraction of sp³-hybridized carbons (Fsp3) is 0.222. The van der Waals surface area contributed by atoms with Gasteiger partial charge in [-0.05, 0) is 0 Å². The van der Waals surface area contributed by atoms with E-state index in [4.69, 9.17) is 11.0 Å². The van der Waals surface area contributed by atoms with Crippen molar-refractivity contribution in [2.75, 3.05) is 12.8 Å². The average Bonchev–Trinajstić information content (AvgIpc) is 2.26. The number of nitriles is 1.